The Hall–Kier alpha value is -1.50. The van der Waals surface area contributed by atoms with Crippen LogP contribution in [0, 0.1) is 17.8 Å². The van der Waals surface area contributed by atoms with Crippen LogP contribution in [0.25, 0.3) is 0 Å². The summed E-state index contributed by atoms with van der Waals surface area (Å²) >= 11 is 0. The number of tetrazole rings is 1. The van der Waals surface area contributed by atoms with E-state index in [0.29, 0.717) is 23.7 Å². The van der Waals surface area contributed by atoms with Crippen LogP contribution in [-0.2, 0) is 4.79 Å². The molecule has 0 radical (unpaired) electrons. The van der Waals surface area contributed by atoms with Crippen LogP contribution in [0.4, 0.5) is 0 Å². The lowest BCUT2D eigenvalue weighted by atomic mass is 9.68. The molecule has 5 atom stereocenters. The highest BCUT2D eigenvalue weighted by molar-refractivity contribution is 5.73. The molecule has 1 saturated heterocycles. The van der Waals surface area contributed by atoms with E-state index in [1.54, 1.807) is 0 Å². The van der Waals surface area contributed by atoms with Crippen LogP contribution in [0.5, 0.6) is 0 Å². The first kappa shape index (κ1) is 14.4. The molecular weight excluding hydrogens is 270 g/mol. The van der Waals surface area contributed by atoms with Gasteiger partial charge in [0.15, 0.2) is 5.82 Å². The van der Waals surface area contributed by atoms with E-state index in [0.717, 1.165) is 31.6 Å². The summed E-state index contributed by atoms with van der Waals surface area (Å²) in [6.45, 7) is 2.99. The van der Waals surface area contributed by atoms with Crippen molar-refractivity contribution in [1.82, 2.24) is 25.9 Å². The Kier molecular flexibility index (Phi) is 4.19. The first-order valence-electron chi connectivity index (χ1n) is 7.83. The third-order valence-corrected chi connectivity index (χ3v) is 5.20. The number of aromatic amines is 1. The molecule has 21 heavy (non-hydrogen) atoms. The van der Waals surface area contributed by atoms with Crippen molar-refractivity contribution in [2.24, 2.45) is 17.8 Å². The molecule has 0 spiro atoms. The lowest BCUT2D eigenvalue weighted by Crippen LogP contribution is -2.49. The molecule has 2 heterocycles. The minimum absolute atomic E-state index is 0.308. The zero-order valence-corrected chi connectivity index (χ0v) is 12.3. The summed E-state index contributed by atoms with van der Waals surface area (Å²) in [5.74, 6) is 2.22. The van der Waals surface area contributed by atoms with Gasteiger partial charge < -0.3 is 10.4 Å². The van der Waals surface area contributed by atoms with Crippen molar-refractivity contribution in [3.8, 4) is 0 Å². The second-order valence-electron chi connectivity index (χ2n) is 6.64. The van der Waals surface area contributed by atoms with Gasteiger partial charge in [0.2, 0.25) is 0 Å². The maximum absolute atomic E-state index is 11.2. The van der Waals surface area contributed by atoms with E-state index in [9.17, 15) is 9.90 Å². The van der Waals surface area contributed by atoms with Crippen molar-refractivity contribution < 1.29 is 9.90 Å². The number of carbonyl (C=O) groups is 1. The summed E-state index contributed by atoms with van der Waals surface area (Å²) in [4.78, 5) is 11.2. The number of H-pyrrole nitrogens is 1. The Bertz CT molecular complexity index is 478. The monoisotopic (exact) mass is 293 g/mol. The first-order chi connectivity index (χ1) is 10.1. The van der Waals surface area contributed by atoms with E-state index >= 15 is 0 Å². The third kappa shape index (κ3) is 3.23. The molecule has 1 unspecified atom stereocenters. The Morgan fingerprint density at radius 1 is 1.38 bits per heavy atom. The highest BCUT2D eigenvalue weighted by atomic mass is 16.4. The minimum atomic E-state index is -0.712. The number of hydrogen-bond donors (Lipinski definition) is 3. The highest BCUT2D eigenvalue weighted by Crippen LogP contribution is 2.41. The normalized spacial score (nSPS) is 34.1. The van der Waals surface area contributed by atoms with Gasteiger partial charge in [-0.05, 0) is 50.0 Å². The molecule has 1 aliphatic carbocycles. The van der Waals surface area contributed by atoms with Gasteiger partial charge in [-0.3, -0.25) is 4.79 Å². The van der Waals surface area contributed by atoms with Gasteiger partial charge in [-0.1, -0.05) is 18.6 Å². The molecule has 0 aromatic carbocycles. The van der Waals surface area contributed by atoms with Crippen molar-refractivity contribution in [1.29, 1.82) is 0 Å². The SMILES string of the molecule is CC(C[C@H]1CC[C@H]2CN[C@H](C(=O)O)C[C@H]2C1)c1nn[nH]n1. The number of fused-ring (bicyclic) bond motifs is 1. The van der Waals surface area contributed by atoms with Crippen LogP contribution in [-0.4, -0.2) is 44.3 Å². The maximum Gasteiger partial charge on any atom is 0.320 e. The number of hydrogen-bond acceptors (Lipinski definition) is 5. The van der Waals surface area contributed by atoms with Gasteiger partial charge in [0, 0.05) is 5.92 Å². The number of nitrogens with one attached hydrogen (secondary N) is 2. The zero-order chi connectivity index (χ0) is 14.8. The number of aromatic nitrogens is 4. The van der Waals surface area contributed by atoms with Gasteiger partial charge in [0.05, 0.1) is 0 Å². The quantitative estimate of drug-likeness (QED) is 0.770. The molecule has 1 aliphatic heterocycles. The molecule has 2 aliphatic rings. The third-order valence-electron chi connectivity index (χ3n) is 5.20. The number of carboxylic acids is 1. The average Bonchev–Trinajstić information content (AvgIpc) is 3.00. The van der Waals surface area contributed by atoms with Gasteiger partial charge in [-0.15, -0.1) is 10.2 Å². The standard InChI is InChI=1S/C14H23N5O2/c1-8(13-16-18-19-17-13)4-9-2-3-10-7-15-12(14(20)21)6-11(10)5-9/h8-12,15H,2-7H2,1H3,(H,20,21)(H,16,17,18,19)/t8?,9-,10+,11-,12+/m1/s1. The lowest BCUT2D eigenvalue weighted by molar-refractivity contribution is -0.141. The summed E-state index contributed by atoms with van der Waals surface area (Å²) < 4.78 is 0. The largest absolute Gasteiger partial charge is 0.480 e. The van der Waals surface area contributed by atoms with E-state index in [-0.39, 0.29) is 6.04 Å². The fraction of sp³-hybridized carbons (Fsp3) is 0.857. The molecule has 7 nitrogen and oxygen atoms in total. The zero-order valence-electron chi connectivity index (χ0n) is 12.3. The van der Waals surface area contributed by atoms with E-state index < -0.39 is 5.97 Å². The maximum atomic E-state index is 11.2. The predicted molar refractivity (Wildman–Crippen MR) is 75.6 cm³/mol. The second-order valence-corrected chi connectivity index (χ2v) is 6.64. The average molecular weight is 293 g/mol. The number of rotatable bonds is 4. The molecule has 1 aromatic heterocycles. The van der Waals surface area contributed by atoms with Crippen LogP contribution in [0.1, 0.15) is 50.8 Å². The Balaban J connectivity index is 1.56. The van der Waals surface area contributed by atoms with Crippen LogP contribution in [0.3, 0.4) is 0 Å². The molecule has 7 heteroatoms. The van der Waals surface area contributed by atoms with Crippen molar-refractivity contribution in [2.45, 2.75) is 51.0 Å². The highest BCUT2D eigenvalue weighted by Gasteiger charge is 2.38. The minimum Gasteiger partial charge on any atom is -0.480 e. The van der Waals surface area contributed by atoms with E-state index in [2.05, 4.69) is 32.9 Å². The summed E-state index contributed by atoms with van der Waals surface area (Å²) in [5, 5.41) is 26.6. The van der Waals surface area contributed by atoms with Gasteiger partial charge in [-0.2, -0.15) is 5.21 Å². The predicted octanol–water partition coefficient (Wildman–Crippen LogP) is 1.17. The Morgan fingerprint density at radius 3 is 2.95 bits per heavy atom. The van der Waals surface area contributed by atoms with E-state index in [1.807, 2.05) is 0 Å². The van der Waals surface area contributed by atoms with Crippen LogP contribution in [0.15, 0.2) is 0 Å². The smallest absolute Gasteiger partial charge is 0.320 e. The number of carboxylic acid groups (broad SMARTS) is 1. The fourth-order valence-electron chi connectivity index (χ4n) is 4.05. The molecular formula is C14H23N5O2. The van der Waals surface area contributed by atoms with Crippen LogP contribution in [0.2, 0.25) is 0 Å². The Morgan fingerprint density at radius 2 is 2.24 bits per heavy atom. The fourth-order valence-corrected chi connectivity index (χ4v) is 4.05. The van der Waals surface area contributed by atoms with Crippen molar-refractivity contribution in [3.63, 3.8) is 0 Å². The lowest BCUT2D eigenvalue weighted by Gasteiger charge is -2.42. The van der Waals surface area contributed by atoms with Crippen molar-refractivity contribution in [3.05, 3.63) is 5.82 Å². The molecule has 3 rings (SSSR count). The molecule has 1 saturated carbocycles. The first-order valence-corrected chi connectivity index (χ1v) is 7.83. The summed E-state index contributed by atoms with van der Waals surface area (Å²) in [6, 6.07) is -0.361. The number of nitrogens with zero attached hydrogens (tertiary/aromatic N) is 3. The topological polar surface area (TPSA) is 104 Å². The van der Waals surface area contributed by atoms with Crippen molar-refractivity contribution >= 4 is 5.97 Å². The summed E-state index contributed by atoms with van der Waals surface area (Å²) in [5.41, 5.74) is 0. The van der Waals surface area contributed by atoms with Crippen LogP contribution < -0.4 is 5.32 Å². The summed E-state index contributed by atoms with van der Waals surface area (Å²) in [6.07, 6.45) is 5.40. The number of aliphatic carboxylic acids is 1. The molecule has 0 bridgehead atoms. The van der Waals surface area contributed by atoms with Crippen LogP contribution >= 0.6 is 0 Å². The molecule has 0 amide bonds. The number of piperidine rings is 1. The summed E-state index contributed by atoms with van der Waals surface area (Å²) in [7, 11) is 0. The van der Waals surface area contributed by atoms with Crippen molar-refractivity contribution in [2.75, 3.05) is 6.54 Å². The second kappa shape index (κ2) is 6.09. The van der Waals surface area contributed by atoms with Gasteiger partial charge >= 0.3 is 5.97 Å². The van der Waals surface area contributed by atoms with Gasteiger partial charge in [-0.25, -0.2) is 0 Å². The Labute approximate surface area is 123 Å². The van der Waals surface area contributed by atoms with Gasteiger partial charge in [0.25, 0.3) is 0 Å². The molecule has 3 N–H and O–H groups in total. The molecule has 2 fully saturated rings. The van der Waals surface area contributed by atoms with Gasteiger partial charge in [0.1, 0.15) is 6.04 Å². The van der Waals surface area contributed by atoms with E-state index in [4.69, 9.17) is 0 Å². The molecule has 116 valence electrons. The molecule has 1 aromatic rings. The van der Waals surface area contributed by atoms with E-state index in [1.165, 1.54) is 12.8 Å².